The number of nitrogens with zero attached hydrogens (tertiary/aromatic N) is 1. The van der Waals surface area contributed by atoms with Gasteiger partial charge >= 0.3 is 0 Å². The van der Waals surface area contributed by atoms with Crippen LogP contribution in [0.3, 0.4) is 0 Å². The van der Waals surface area contributed by atoms with Crippen LogP contribution < -0.4 is 5.32 Å². The predicted octanol–water partition coefficient (Wildman–Crippen LogP) is 2.78. The summed E-state index contributed by atoms with van der Waals surface area (Å²) in [6.45, 7) is 1.15. The standard InChI is InChI=1S/C19H26N2O3S/c22-19(20-18-12-14-7-8-15(18)11-14)16-5-4-6-17(13-16)25(23,24)21-9-2-1-3-10-21/h4-6,13-15,18H,1-3,7-12H2,(H,20,22)/t14-,15-,18+/m1/s1. The van der Waals surface area contributed by atoms with Gasteiger partial charge in [-0.3, -0.25) is 4.79 Å². The highest BCUT2D eigenvalue weighted by Gasteiger charge is 2.40. The van der Waals surface area contributed by atoms with E-state index >= 15 is 0 Å². The number of piperidine rings is 1. The van der Waals surface area contributed by atoms with Gasteiger partial charge in [0, 0.05) is 24.7 Å². The molecule has 0 unspecified atom stereocenters. The Morgan fingerprint density at radius 3 is 2.56 bits per heavy atom. The number of rotatable bonds is 4. The molecule has 0 aromatic heterocycles. The topological polar surface area (TPSA) is 66.5 Å². The molecule has 3 atom stereocenters. The minimum Gasteiger partial charge on any atom is -0.349 e. The smallest absolute Gasteiger partial charge is 0.251 e. The van der Waals surface area contributed by atoms with Crippen LogP contribution >= 0.6 is 0 Å². The molecule has 2 saturated carbocycles. The molecule has 1 aliphatic heterocycles. The zero-order valence-corrected chi connectivity index (χ0v) is 15.3. The van der Waals surface area contributed by atoms with Gasteiger partial charge in [0.15, 0.2) is 0 Å². The molecule has 25 heavy (non-hydrogen) atoms. The molecule has 1 saturated heterocycles. The number of hydrogen-bond acceptors (Lipinski definition) is 3. The van der Waals surface area contributed by atoms with Gasteiger partial charge in [0.1, 0.15) is 0 Å². The minimum atomic E-state index is -3.50. The van der Waals surface area contributed by atoms with Crippen LogP contribution in [0.15, 0.2) is 29.2 Å². The van der Waals surface area contributed by atoms with Crippen molar-refractivity contribution < 1.29 is 13.2 Å². The molecule has 1 N–H and O–H groups in total. The van der Waals surface area contributed by atoms with Gasteiger partial charge in [0.2, 0.25) is 10.0 Å². The van der Waals surface area contributed by atoms with Crippen LogP contribution in [-0.4, -0.2) is 37.8 Å². The predicted molar refractivity (Wildman–Crippen MR) is 95.8 cm³/mol. The quantitative estimate of drug-likeness (QED) is 0.896. The normalized spacial score (nSPS) is 29.7. The summed E-state index contributed by atoms with van der Waals surface area (Å²) in [5.41, 5.74) is 0.445. The van der Waals surface area contributed by atoms with Crippen molar-refractivity contribution in [3.05, 3.63) is 29.8 Å². The number of amides is 1. The van der Waals surface area contributed by atoms with Crippen LogP contribution in [0.5, 0.6) is 0 Å². The third-order valence-corrected chi connectivity index (χ3v) is 8.00. The molecule has 1 heterocycles. The Bertz CT molecular complexity index is 756. The van der Waals surface area contributed by atoms with Crippen molar-refractivity contribution in [2.45, 2.75) is 55.9 Å². The number of carbonyl (C=O) groups is 1. The lowest BCUT2D eigenvalue weighted by Crippen LogP contribution is -2.38. The molecule has 2 aliphatic carbocycles. The van der Waals surface area contributed by atoms with Crippen LogP contribution in [0.25, 0.3) is 0 Å². The lowest BCUT2D eigenvalue weighted by Gasteiger charge is -2.26. The minimum absolute atomic E-state index is 0.145. The van der Waals surface area contributed by atoms with E-state index in [0.29, 0.717) is 24.6 Å². The van der Waals surface area contributed by atoms with Crippen molar-refractivity contribution in [2.24, 2.45) is 11.8 Å². The summed E-state index contributed by atoms with van der Waals surface area (Å²) in [5.74, 6) is 1.23. The van der Waals surface area contributed by atoms with Gasteiger partial charge in [0.05, 0.1) is 4.90 Å². The molecule has 3 fully saturated rings. The molecule has 1 aromatic carbocycles. The molecule has 4 rings (SSSR count). The van der Waals surface area contributed by atoms with E-state index < -0.39 is 10.0 Å². The van der Waals surface area contributed by atoms with Gasteiger partial charge in [-0.25, -0.2) is 8.42 Å². The van der Waals surface area contributed by atoms with Crippen LogP contribution in [-0.2, 0) is 10.0 Å². The average Bonchev–Trinajstić information content (AvgIpc) is 3.25. The number of carbonyl (C=O) groups excluding carboxylic acids is 1. The monoisotopic (exact) mass is 362 g/mol. The Labute approximate surface area is 149 Å². The van der Waals surface area contributed by atoms with E-state index in [0.717, 1.165) is 31.6 Å². The van der Waals surface area contributed by atoms with Crippen molar-refractivity contribution in [2.75, 3.05) is 13.1 Å². The first-order valence-electron chi connectivity index (χ1n) is 9.45. The molecule has 6 heteroatoms. The van der Waals surface area contributed by atoms with Crippen molar-refractivity contribution >= 4 is 15.9 Å². The highest BCUT2D eigenvalue weighted by molar-refractivity contribution is 7.89. The first-order chi connectivity index (χ1) is 12.0. The second-order valence-corrected chi connectivity index (χ2v) is 9.69. The number of nitrogens with one attached hydrogen (secondary N) is 1. The molecule has 2 bridgehead atoms. The van der Waals surface area contributed by atoms with Crippen molar-refractivity contribution in [1.82, 2.24) is 9.62 Å². The fourth-order valence-electron chi connectivity index (χ4n) is 4.73. The third-order valence-electron chi connectivity index (χ3n) is 6.10. The average molecular weight is 362 g/mol. The van der Waals surface area contributed by atoms with E-state index in [9.17, 15) is 13.2 Å². The number of hydrogen-bond donors (Lipinski definition) is 1. The first-order valence-corrected chi connectivity index (χ1v) is 10.9. The van der Waals surface area contributed by atoms with Gasteiger partial charge in [-0.2, -0.15) is 4.31 Å². The zero-order chi connectivity index (χ0) is 17.4. The second kappa shape index (κ2) is 6.72. The molecule has 0 spiro atoms. The van der Waals surface area contributed by atoms with Crippen molar-refractivity contribution in [1.29, 1.82) is 0 Å². The van der Waals surface area contributed by atoms with Crippen molar-refractivity contribution in [3.8, 4) is 0 Å². The summed E-state index contributed by atoms with van der Waals surface area (Å²) in [6, 6.07) is 6.77. The third kappa shape index (κ3) is 3.34. The lowest BCUT2D eigenvalue weighted by atomic mass is 9.95. The fraction of sp³-hybridized carbons (Fsp3) is 0.632. The van der Waals surface area contributed by atoms with E-state index in [-0.39, 0.29) is 16.8 Å². The van der Waals surface area contributed by atoms with E-state index in [1.54, 1.807) is 22.5 Å². The van der Waals surface area contributed by atoms with Gasteiger partial charge in [-0.15, -0.1) is 0 Å². The fourth-order valence-corrected chi connectivity index (χ4v) is 6.29. The zero-order valence-electron chi connectivity index (χ0n) is 14.5. The van der Waals surface area contributed by atoms with E-state index in [2.05, 4.69) is 5.32 Å². The molecule has 136 valence electrons. The summed E-state index contributed by atoms with van der Waals surface area (Å²) in [4.78, 5) is 12.8. The highest BCUT2D eigenvalue weighted by atomic mass is 32.2. The Kier molecular flexibility index (Phi) is 4.58. The van der Waals surface area contributed by atoms with Crippen LogP contribution in [0.1, 0.15) is 55.3 Å². The highest BCUT2D eigenvalue weighted by Crippen LogP contribution is 2.44. The largest absolute Gasteiger partial charge is 0.349 e. The summed E-state index contributed by atoms with van der Waals surface area (Å²) >= 11 is 0. The Hall–Kier alpha value is -1.40. The molecule has 3 aliphatic rings. The Morgan fingerprint density at radius 2 is 1.88 bits per heavy atom. The summed E-state index contributed by atoms with van der Waals surface area (Å²) in [7, 11) is -3.50. The number of benzene rings is 1. The maximum Gasteiger partial charge on any atom is 0.251 e. The van der Waals surface area contributed by atoms with Gasteiger partial charge < -0.3 is 5.32 Å². The molecule has 1 aromatic rings. The van der Waals surface area contributed by atoms with Crippen LogP contribution in [0, 0.1) is 11.8 Å². The van der Waals surface area contributed by atoms with Gasteiger partial charge in [-0.05, 0) is 62.1 Å². The number of fused-ring (bicyclic) bond motifs is 2. The van der Waals surface area contributed by atoms with E-state index in [4.69, 9.17) is 0 Å². The Morgan fingerprint density at radius 1 is 1.08 bits per heavy atom. The Balaban J connectivity index is 1.49. The molecule has 0 radical (unpaired) electrons. The first kappa shape index (κ1) is 17.0. The van der Waals surface area contributed by atoms with Crippen LogP contribution in [0.2, 0.25) is 0 Å². The second-order valence-electron chi connectivity index (χ2n) is 7.75. The SMILES string of the molecule is O=C(N[C@H]1C[C@@H]2CC[C@@H]1C2)c1cccc(S(=O)(=O)N2CCCCC2)c1. The number of sulfonamides is 1. The molecular weight excluding hydrogens is 336 g/mol. The van der Waals surface area contributed by atoms with E-state index in [1.165, 1.54) is 25.3 Å². The molecular formula is C19H26N2O3S. The lowest BCUT2D eigenvalue weighted by molar-refractivity contribution is 0.0922. The summed E-state index contributed by atoms with van der Waals surface area (Å²) in [6.07, 6.45) is 7.70. The van der Waals surface area contributed by atoms with Gasteiger partial charge in [0.25, 0.3) is 5.91 Å². The van der Waals surface area contributed by atoms with E-state index in [1.807, 2.05) is 0 Å². The van der Waals surface area contributed by atoms with Gasteiger partial charge in [-0.1, -0.05) is 18.9 Å². The molecule has 5 nitrogen and oxygen atoms in total. The summed E-state index contributed by atoms with van der Waals surface area (Å²) < 4.78 is 27.2. The maximum absolute atomic E-state index is 12.8. The van der Waals surface area contributed by atoms with Crippen molar-refractivity contribution in [3.63, 3.8) is 0 Å². The maximum atomic E-state index is 12.8. The summed E-state index contributed by atoms with van der Waals surface area (Å²) in [5, 5.41) is 3.14. The van der Waals surface area contributed by atoms with Crippen LogP contribution in [0.4, 0.5) is 0 Å². The molecule has 1 amide bonds.